The lowest BCUT2D eigenvalue weighted by molar-refractivity contribution is 0.560. The highest BCUT2D eigenvalue weighted by atomic mass is 15.1. The van der Waals surface area contributed by atoms with Crippen molar-refractivity contribution in [3.8, 4) is 0 Å². The Morgan fingerprint density at radius 3 is 2.57 bits per heavy atom. The lowest BCUT2D eigenvalue weighted by Crippen LogP contribution is -2.15. The Morgan fingerprint density at radius 2 is 2.14 bits per heavy atom. The van der Waals surface area contributed by atoms with Gasteiger partial charge in [0.15, 0.2) is 0 Å². The zero-order valence-corrected chi connectivity index (χ0v) is 8.99. The fraction of sp³-hybridized carbons (Fsp3) is 0.364. The molecular weight excluding hydrogens is 174 g/mol. The molecule has 1 aromatic heterocycles. The first-order valence-electron chi connectivity index (χ1n) is 4.59. The van der Waals surface area contributed by atoms with E-state index in [1.54, 1.807) is 12.3 Å². The summed E-state index contributed by atoms with van der Waals surface area (Å²) in [5.41, 5.74) is 6.56. The molecule has 0 aliphatic rings. The predicted octanol–water partition coefficient (Wildman–Crippen LogP) is 2.21. The summed E-state index contributed by atoms with van der Waals surface area (Å²) in [5.74, 6) is 0.816. The van der Waals surface area contributed by atoms with Crippen LogP contribution in [0.25, 0.3) is 12.3 Å². The van der Waals surface area contributed by atoms with Crippen LogP contribution >= 0.6 is 0 Å². The molecule has 1 aromatic rings. The Bertz CT molecular complexity index is 353. The molecule has 0 unspecified atom stereocenters. The molecule has 1 heterocycles. The van der Waals surface area contributed by atoms with E-state index in [-0.39, 0.29) is 5.41 Å². The molecule has 0 saturated heterocycles. The van der Waals surface area contributed by atoms with E-state index in [9.17, 15) is 0 Å². The molecule has 0 radical (unpaired) electrons. The van der Waals surface area contributed by atoms with Crippen LogP contribution < -0.4 is 5.73 Å². The minimum Gasteiger partial charge on any atom is -0.403 e. The second-order valence-electron chi connectivity index (χ2n) is 4.17. The number of hydrogen-bond donors (Lipinski definition) is 1. The number of imidazole rings is 1. The normalized spacial score (nSPS) is 12.2. The number of nitrogens with two attached hydrogens (primary N) is 1. The highest BCUT2D eigenvalue weighted by molar-refractivity contribution is 5.45. The molecule has 3 heteroatoms. The number of rotatable bonds is 2. The molecule has 0 bridgehead atoms. The minimum atomic E-state index is 0.0494. The fourth-order valence-electron chi connectivity index (χ4n) is 1.32. The van der Waals surface area contributed by atoms with Crippen molar-refractivity contribution in [2.45, 2.75) is 26.2 Å². The summed E-state index contributed by atoms with van der Waals surface area (Å²) >= 11 is 0. The molecule has 2 N–H and O–H groups in total. The second kappa shape index (κ2) is 3.70. The summed E-state index contributed by atoms with van der Waals surface area (Å²) in [6, 6.07) is 0. The molecule has 0 amide bonds. The molecule has 0 saturated carbocycles. The van der Waals surface area contributed by atoms with Gasteiger partial charge < -0.3 is 10.3 Å². The van der Waals surface area contributed by atoms with Crippen molar-refractivity contribution in [1.82, 2.24) is 9.55 Å². The molecule has 14 heavy (non-hydrogen) atoms. The lowest BCUT2D eigenvalue weighted by atomic mass is 9.93. The Kier molecular flexibility index (Phi) is 2.79. The van der Waals surface area contributed by atoms with Gasteiger partial charge in [0, 0.05) is 29.7 Å². The van der Waals surface area contributed by atoms with E-state index in [1.807, 2.05) is 10.8 Å². The van der Waals surface area contributed by atoms with E-state index < -0.39 is 0 Å². The summed E-state index contributed by atoms with van der Waals surface area (Å²) in [6.07, 6.45) is 6.88. The lowest BCUT2D eigenvalue weighted by Gasteiger charge is -2.19. The van der Waals surface area contributed by atoms with Crippen LogP contribution in [0.4, 0.5) is 0 Å². The van der Waals surface area contributed by atoms with E-state index in [2.05, 4.69) is 32.3 Å². The summed E-state index contributed by atoms with van der Waals surface area (Å²) < 4.78 is 1.95. The van der Waals surface area contributed by atoms with Crippen molar-refractivity contribution >= 4 is 12.3 Å². The van der Waals surface area contributed by atoms with Gasteiger partial charge in [-0.1, -0.05) is 27.4 Å². The monoisotopic (exact) mass is 191 g/mol. The van der Waals surface area contributed by atoms with Crippen molar-refractivity contribution in [3.63, 3.8) is 0 Å². The molecular formula is C11H17N3. The van der Waals surface area contributed by atoms with E-state index in [4.69, 9.17) is 5.73 Å². The van der Waals surface area contributed by atoms with Crippen molar-refractivity contribution < 1.29 is 0 Å². The van der Waals surface area contributed by atoms with Gasteiger partial charge in [-0.25, -0.2) is 4.98 Å². The summed E-state index contributed by atoms with van der Waals surface area (Å²) in [6.45, 7) is 10.1. The Morgan fingerprint density at radius 1 is 1.50 bits per heavy atom. The maximum absolute atomic E-state index is 5.39. The second-order valence-corrected chi connectivity index (χ2v) is 4.17. The van der Waals surface area contributed by atoms with Gasteiger partial charge in [-0.15, -0.1) is 0 Å². The molecule has 0 fully saturated rings. The standard InChI is InChI=1S/C11H17N3/c1-5-10-13-8-9(11(2,3)4)14(10)7-6-12/h5-8H,1,12H2,2-4H3/b7-6-. The minimum absolute atomic E-state index is 0.0494. The van der Waals surface area contributed by atoms with Gasteiger partial charge >= 0.3 is 0 Å². The quantitative estimate of drug-likeness (QED) is 0.778. The zero-order valence-electron chi connectivity index (χ0n) is 8.99. The third kappa shape index (κ3) is 1.87. The summed E-state index contributed by atoms with van der Waals surface area (Å²) in [4.78, 5) is 4.26. The van der Waals surface area contributed by atoms with Crippen molar-refractivity contribution in [3.05, 3.63) is 30.5 Å². The van der Waals surface area contributed by atoms with Gasteiger partial charge in [-0.2, -0.15) is 0 Å². The molecule has 0 atom stereocenters. The number of nitrogens with zero attached hydrogens (tertiary/aromatic N) is 2. The largest absolute Gasteiger partial charge is 0.403 e. The zero-order chi connectivity index (χ0) is 10.8. The fourth-order valence-corrected chi connectivity index (χ4v) is 1.32. The van der Waals surface area contributed by atoms with Crippen LogP contribution in [-0.2, 0) is 5.41 Å². The molecule has 76 valence electrons. The van der Waals surface area contributed by atoms with Crippen LogP contribution in [0, 0.1) is 0 Å². The van der Waals surface area contributed by atoms with Gasteiger partial charge in [-0.3, -0.25) is 0 Å². The van der Waals surface area contributed by atoms with E-state index in [0.29, 0.717) is 0 Å². The maximum atomic E-state index is 5.39. The molecule has 0 aliphatic heterocycles. The van der Waals surface area contributed by atoms with Crippen LogP contribution in [0.2, 0.25) is 0 Å². The Hall–Kier alpha value is -1.51. The number of hydrogen-bond acceptors (Lipinski definition) is 2. The van der Waals surface area contributed by atoms with Crippen molar-refractivity contribution in [2.75, 3.05) is 0 Å². The van der Waals surface area contributed by atoms with Crippen molar-refractivity contribution in [1.29, 1.82) is 0 Å². The first kappa shape index (κ1) is 10.6. The van der Waals surface area contributed by atoms with Gasteiger partial charge in [0.25, 0.3) is 0 Å². The SMILES string of the molecule is C=Cc1ncc(C(C)(C)C)n1/C=C\N. The van der Waals surface area contributed by atoms with Gasteiger partial charge in [-0.05, 0) is 6.08 Å². The average molecular weight is 191 g/mol. The Balaban J connectivity index is 3.31. The summed E-state index contributed by atoms with van der Waals surface area (Å²) in [5, 5.41) is 0. The maximum Gasteiger partial charge on any atom is 0.136 e. The molecule has 3 nitrogen and oxygen atoms in total. The highest BCUT2D eigenvalue weighted by Crippen LogP contribution is 2.23. The topological polar surface area (TPSA) is 43.8 Å². The Labute approximate surface area is 85.0 Å². The van der Waals surface area contributed by atoms with E-state index in [0.717, 1.165) is 11.5 Å². The molecule has 0 aromatic carbocycles. The van der Waals surface area contributed by atoms with Crippen LogP contribution in [0.15, 0.2) is 19.0 Å². The van der Waals surface area contributed by atoms with Gasteiger partial charge in [0.1, 0.15) is 5.82 Å². The highest BCUT2D eigenvalue weighted by Gasteiger charge is 2.19. The predicted molar refractivity (Wildman–Crippen MR) is 60.5 cm³/mol. The summed E-state index contributed by atoms with van der Waals surface area (Å²) in [7, 11) is 0. The first-order chi connectivity index (χ1) is 6.50. The van der Waals surface area contributed by atoms with Crippen LogP contribution in [0.5, 0.6) is 0 Å². The van der Waals surface area contributed by atoms with E-state index >= 15 is 0 Å². The van der Waals surface area contributed by atoms with Gasteiger partial charge in [0.05, 0.1) is 0 Å². The smallest absolute Gasteiger partial charge is 0.136 e. The molecule has 0 aliphatic carbocycles. The third-order valence-electron chi connectivity index (χ3n) is 2.01. The van der Waals surface area contributed by atoms with Crippen LogP contribution in [0.1, 0.15) is 32.3 Å². The van der Waals surface area contributed by atoms with E-state index in [1.165, 1.54) is 6.20 Å². The van der Waals surface area contributed by atoms with Crippen molar-refractivity contribution in [2.24, 2.45) is 5.73 Å². The van der Waals surface area contributed by atoms with Crippen LogP contribution in [-0.4, -0.2) is 9.55 Å². The number of aromatic nitrogens is 2. The average Bonchev–Trinajstić information content (AvgIpc) is 2.47. The molecule has 0 spiro atoms. The first-order valence-corrected chi connectivity index (χ1v) is 4.59. The third-order valence-corrected chi connectivity index (χ3v) is 2.01. The van der Waals surface area contributed by atoms with Crippen LogP contribution in [0.3, 0.4) is 0 Å². The van der Waals surface area contributed by atoms with Gasteiger partial charge in [0.2, 0.25) is 0 Å². The molecule has 1 rings (SSSR count).